The van der Waals surface area contributed by atoms with Gasteiger partial charge in [0.2, 0.25) is 0 Å². The molecular formula is C15H17BrF3NO4. The number of hydrogen-bond acceptors (Lipinski definition) is 3. The van der Waals surface area contributed by atoms with Crippen molar-refractivity contribution in [3.05, 3.63) is 33.8 Å². The molecule has 134 valence electrons. The first-order valence-corrected chi connectivity index (χ1v) is 7.67. The summed E-state index contributed by atoms with van der Waals surface area (Å²) in [6.45, 7) is 4.83. The van der Waals surface area contributed by atoms with Gasteiger partial charge in [-0.25, -0.2) is 4.79 Å². The van der Waals surface area contributed by atoms with Gasteiger partial charge in [0.25, 0.3) is 0 Å². The molecule has 0 aromatic heterocycles. The number of nitrogens with one attached hydrogen (secondary N) is 1. The van der Waals surface area contributed by atoms with E-state index in [9.17, 15) is 22.8 Å². The van der Waals surface area contributed by atoms with Crippen LogP contribution in [0.3, 0.4) is 0 Å². The van der Waals surface area contributed by atoms with Crippen molar-refractivity contribution < 1.29 is 32.6 Å². The second-order valence-electron chi connectivity index (χ2n) is 6.03. The quantitative estimate of drug-likeness (QED) is 0.763. The first-order valence-electron chi connectivity index (χ1n) is 6.87. The maximum atomic E-state index is 12.9. The molecule has 1 aromatic carbocycles. The maximum Gasteiger partial charge on any atom is 0.416 e. The predicted molar refractivity (Wildman–Crippen MR) is 83.5 cm³/mol. The normalized spacial score (nSPS) is 13.3. The van der Waals surface area contributed by atoms with Crippen LogP contribution >= 0.6 is 15.9 Å². The summed E-state index contributed by atoms with van der Waals surface area (Å²) in [6, 6.07) is 1.63. The Morgan fingerprint density at radius 1 is 1.29 bits per heavy atom. The lowest BCUT2D eigenvalue weighted by Crippen LogP contribution is -2.36. The molecule has 1 amide bonds. The van der Waals surface area contributed by atoms with E-state index in [4.69, 9.17) is 9.84 Å². The van der Waals surface area contributed by atoms with Gasteiger partial charge < -0.3 is 15.2 Å². The Kier molecular flexibility index (Phi) is 6.26. The zero-order valence-electron chi connectivity index (χ0n) is 13.2. The average Bonchev–Trinajstić information content (AvgIpc) is 2.34. The molecule has 1 aromatic rings. The lowest BCUT2D eigenvalue weighted by atomic mass is 10.0. The molecule has 0 aliphatic rings. The molecule has 0 saturated heterocycles. The number of carbonyl (C=O) groups excluding carboxylic acids is 1. The first-order chi connectivity index (χ1) is 10.8. The van der Waals surface area contributed by atoms with Crippen LogP contribution in [-0.4, -0.2) is 22.8 Å². The number of carbonyl (C=O) groups is 2. The summed E-state index contributed by atoms with van der Waals surface area (Å²) in [5.41, 5.74) is -1.77. The van der Waals surface area contributed by atoms with E-state index < -0.39 is 41.9 Å². The number of ether oxygens (including phenoxy) is 1. The molecule has 0 aliphatic heterocycles. The first kappa shape index (κ1) is 20.3. The fraction of sp³-hybridized carbons (Fsp3) is 0.467. The molecule has 1 rings (SSSR count). The van der Waals surface area contributed by atoms with E-state index in [1.54, 1.807) is 20.8 Å². The third-order valence-corrected chi connectivity index (χ3v) is 3.49. The van der Waals surface area contributed by atoms with E-state index in [0.29, 0.717) is 0 Å². The van der Waals surface area contributed by atoms with Crippen LogP contribution in [0.25, 0.3) is 0 Å². The van der Waals surface area contributed by atoms with Crippen LogP contribution in [0, 0.1) is 0 Å². The monoisotopic (exact) mass is 411 g/mol. The minimum absolute atomic E-state index is 0.00177. The highest BCUT2D eigenvalue weighted by Crippen LogP contribution is 2.34. The highest BCUT2D eigenvalue weighted by molar-refractivity contribution is 9.10. The minimum atomic E-state index is -4.59. The summed E-state index contributed by atoms with van der Waals surface area (Å²) in [5.74, 6) is -1.28. The van der Waals surface area contributed by atoms with Crippen molar-refractivity contribution in [2.24, 2.45) is 0 Å². The van der Waals surface area contributed by atoms with Crippen LogP contribution in [0.15, 0.2) is 22.7 Å². The van der Waals surface area contributed by atoms with Crippen molar-refractivity contribution in [3.63, 3.8) is 0 Å². The number of alkyl carbamates (subject to hydrolysis) is 1. The third-order valence-electron chi connectivity index (χ3n) is 2.77. The van der Waals surface area contributed by atoms with Crippen LogP contribution in [0.2, 0.25) is 0 Å². The van der Waals surface area contributed by atoms with Gasteiger partial charge >= 0.3 is 18.2 Å². The van der Waals surface area contributed by atoms with Crippen molar-refractivity contribution in [1.29, 1.82) is 0 Å². The van der Waals surface area contributed by atoms with E-state index in [1.165, 1.54) is 0 Å². The molecule has 2 N–H and O–H groups in total. The zero-order chi connectivity index (χ0) is 18.7. The summed E-state index contributed by atoms with van der Waals surface area (Å²) in [6.07, 6.45) is -6.10. The molecule has 1 atom stereocenters. The van der Waals surface area contributed by atoms with Gasteiger partial charge in [-0.1, -0.05) is 15.9 Å². The summed E-state index contributed by atoms with van der Waals surface area (Å²) >= 11 is 3.09. The molecule has 9 heteroatoms. The SMILES string of the molecule is CC(C)(C)OC(=O)N[C@@H](CC(=O)O)c1cc(C(F)(F)F)ccc1Br. The van der Waals surface area contributed by atoms with Crippen LogP contribution in [0.4, 0.5) is 18.0 Å². The van der Waals surface area contributed by atoms with Crippen molar-refractivity contribution in [1.82, 2.24) is 5.32 Å². The van der Waals surface area contributed by atoms with Crippen LogP contribution in [0.5, 0.6) is 0 Å². The number of halogens is 4. The Balaban J connectivity index is 3.16. The molecule has 0 bridgehead atoms. The Labute approximate surface area is 145 Å². The fourth-order valence-electron chi connectivity index (χ4n) is 1.85. The van der Waals surface area contributed by atoms with E-state index in [0.717, 1.165) is 18.2 Å². The van der Waals surface area contributed by atoms with Gasteiger partial charge in [0.15, 0.2) is 0 Å². The molecule has 0 aliphatic carbocycles. The van der Waals surface area contributed by atoms with Gasteiger partial charge in [-0.15, -0.1) is 0 Å². The van der Waals surface area contributed by atoms with E-state index >= 15 is 0 Å². The van der Waals surface area contributed by atoms with Gasteiger partial charge in [0.1, 0.15) is 5.60 Å². The van der Waals surface area contributed by atoms with Crippen molar-refractivity contribution in [3.8, 4) is 0 Å². The van der Waals surface area contributed by atoms with Crippen molar-refractivity contribution in [2.45, 2.75) is 45.0 Å². The maximum absolute atomic E-state index is 12.9. The number of hydrogen-bond donors (Lipinski definition) is 2. The van der Waals surface area contributed by atoms with Crippen molar-refractivity contribution >= 4 is 28.0 Å². The molecule has 0 spiro atoms. The third kappa shape index (κ3) is 6.38. The topological polar surface area (TPSA) is 75.6 Å². The van der Waals surface area contributed by atoms with Gasteiger partial charge in [-0.05, 0) is 44.5 Å². The molecule has 5 nitrogen and oxygen atoms in total. The largest absolute Gasteiger partial charge is 0.481 e. The Morgan fingerprint density at radius 2 is 1.88 bits per heavy atom. The molecule has 0 fully saturated rings. The van der Waals surface area contributed by atoms with Crippen LogP contribution in [-0.2, 0) is 15.7 Å². The number of carboxylic acid groups (broad SMARTS) is 1. The Hall–Kier alpha value is -1.77. The Bertz CT molecular complexity index is 626. The van der Waals surface area contributed by atoms with Crippen LogP contribution in [0.1, 0.15) is 44.4 Å². The smallest absolute Gasteiger partial charge is 0.416 e. The summed E-state index contributed by atoms with van der Waals surface area (Å²) in [4.78, 5) is 22.9. The summed E-state index contributed by atoms with van der Waals surface area (Å²) in [5, 5.41) is 11.3. The van der Waals surface area contributed by atoms with Crippen molar-refractivity contribution in [2.75, 3.05) is 0 Å². The fourth-order valence-corrected chi connectivity index (χ4v) is 2.37. The number of rotatable bonds is 4. The van der Waals surface area contributed by atoms with Gasteiger partial charge in [0, 0.05) is 4.47 Å². The Morgan fingerprint density at radius 3 is 2.33 bits per heavy atom. The summed E-state index contributed by atoms with van der Waals surface area (Å²) < 4.78 is 43.9. The molecule has 0 saturated carbocycles. The second-order valence-corrected chi connectivity index (χ2v) is 6.89. The molecule has 0 unspecified atom stereocenters. The highest BCUT2D eigenvalue weighted by atomic mass is 79.9. The number of amides is 1. The van der Waals surface area contributed by atoms with E-state index in [-0.39, 0.29) is 10.0 Å². The van der Waals surface area contributed by atoms with Crippen LogP contribution < -0.4 is 5.32 Å². The average molecular weight is 412 g/mol. The predicted octanol–water partition coefficient (Wildman–Crippen LogP) is 4.51. The number of benzene rings is 1. The van der Waals surface area contributed by atoms with Gasteiger partial charge in [0.05, 0.1) is 18.0 Å². The van der Waals surface area contributed by atoms with E-state index in [1.807, 2.05) is 0 Å². The minimum Gasteiger partial charge on any atom is -0.481 e. The second kappa shape index (κ2) is 7.42. The zero-order valence-corrected chi connectivity index (χ0v) is 14.8. The summed E-state index contributed by atoms with van der Waals surface area (Å²) in [7, 11) is 0. The van der Waals surface area contributed by atoms with E-state index in [2.05, 4.69) is 21.2 Å². The highest BCUT2D eigenvalue weighted by Gasteiger charge is 2.32. The number of alkyl halides is 3. The van der Waals surface area contributed by atoms with Gasteiger partial charge in [-0.2, -0.15) is 13.2 Å². The molecule has 24 heavy (non-hydrogen) atoms. The molecule has 0 radical (unpaired) electrons. The number of aliphatic carboxylic acids is 1. The lowest BCUT2D eigenvalue weighted by molar-refractivity contribution is -0.138. The lowest BCUT2D eigenvalue weighted by Gasteiger charge is -2.24. The number of carboxylic acids is 1. The van der Waals surface area contributed by atoms with Gasteiger partial charge in [-0.3, -0.25) is 4.79 Å². The molecular weight excluding hydrogens is 395 g/mol. The standard InChI is InChI=1S/C15H17BrF3NO4/c1-14(2,3)24-13(23)20-11(7-12(21)22)9-6-8(15(17,18)19)4-5-10(9)16/h4-6,11H,7H2,1-3H3,(H,20,23)(H,21,22)/t11-/m0/s1. The molecule has 0 heterocycles.